The number of para-hydroxylation sites is 1. The van der Waals surface area contributed by atoms with Crippen molar-refractivity contribution in [3.8, 4) is 16.9 Å². The summed E-state index contributed by atoms with van der Waals surface area (Å²) in [6.45, 7) is 0. The lowest BCUT2D eigenvalue weighted by Gasteiger charge is -2.09. The Bertz CT molecular complexity index is 1150. The van der Waals surface area contributed by atoms with Crippen LogP contribution in [-0.2, 0) is 0 Å². The Morgan fingerprint density at radius 1 is 0.893 bits per heavy atom. The van der Waals surface area contributed by atoms with Gasteiger partial charge in [-0.25, -0.2) is 5.43 Å². The van der Waals surface area contributed by atoms with E-state index < -0.39 is 0 Å². The number of hydrogen-bond donors (Lipinski definition) is 1. The summed E-state index contributed by atoms with van der Waals surface area (Å²) < 4.78 is 2.01. The molecule has 3 aromatic carbocycles. The Morgan fingerprint density at radius 3 is 2.21 bits per heavy atom. The Labute approximate surface area is 171 Å². The second kappa shape index (κ2) is 8.25. The lowest BCUT2D eigenvalue weighted by Crippen LogP contribution is -2.24. The first kappa shape index (κ1) is 18.2. The minimum absolute atomic E-state index is 0.248. The van der Waals surface area contributed by atoms with Crippen LogP contribution >= 0.6 is 22.9 Å². The number of hydrogen-bond acceptors (Lipinski definition) is 3. The first-order valence-electron chi connectivity index (χ1n) is 8.63. The molecule has 0 unspecified atom stereocenters. The highest BCUT2D eigenvalue weighted by atomic mass is 35.5. The lowest BCUT2D eigenvalue weighted by molar-refractivity contribution is 0.0953. The molecule has 0 atom stereocenters. The van der Waals surface area contributed by atoms with Gasteiger partial charge in [0.25, 0.3) is 5.91 Å². The van der Waals surface area contributed by atoms with E-state index in [0.717, 1.165) is 16.9 Å². The number of benzene rings is 3. The highest BCUT2D eigenvalue weighted by Gasteiger charge is 2.11. The summed E-state index contributed by atoms with van der Waals surface area (Å²) in [6.07, 6.45) is 0. The van der Waals surface area contributed by atoms with Gasteiger partial charge in [-0.05, 0) is 42.0 Å². The van der Waals surface area contributed by atoms with Crippen LogP contribution in [0.2, 0.25) is 5.02 Å². The fourth-order valence-electron chi connectivity index (χ4n) is 2.79. The summed E-state index contributed by atoms with van der Waals surface area (Å²) in [4.78, 5) is 13.0. The molecule has 0 spiro atoms. The number of carbonyl (C=O) groups is 1. The van der Waals surface area contributed by atoms with E-state index in [0.29, 0.717) is 15.4 Å². The Balaban J connectivity index is 1.77. The molecule has 1 amide bonds. The van der Waals surface area contributed by atoms with Crippen molar-refractivity contribution in [1.29, 1.82) is 0 Å². The fourth-order valence-corrected chi connectivity index (χ4v) is 3.78. The van der Waals surface area contributed by atoms with Crippen molar-refractivity contribution in [2.45, 2.75) is 0 Å². The zero-order chi connectivity index (χ0) is 19.3. The number of rotatable bonds is 4. The molecule has 1 N–H and O–H groups in total. The molecule has 0 saturated carbocycles. The van der Waals surface area contributed by atoms with E-state index in [-0.39, 0.29) is 5.91 Å². The van der Waals surface area contributed by atoms with E-state index in [9.17, 15) is 4.79 Å². The van der Waals surface area contributed by atoms with Gasteiger partial charge in [0, 0.05) is 21.7 Å². The molecule has 28 heavy (non-hydrogen) atoms. The van der Waals surface area contributed by atoms with Crippen molar-refractivity contribution >= 4 is 28.8 Å². The second-order valence-electron chi connectivity index (χ2n) is 6.00. The van der Waals surface area contributed by atoms with Crippen LogP contribution in [0, 0.1) is 0 Å². The maximum Gasteiger partial charge on any atom is 0.271 e. The molecule has 0 saturated heterocycles. The highest BCUT2D eigenvalue weighted by Crippen LogP contribution is 2.24. The molecule has 1 aromatic heterocycles. The maximum absolute atomic E-state index is 12.4. The average Bonchev–Trinajstić information content (AvgIpc) is 3.17. The molecule has 0 aliphatic heterocycles. The van der Waals surface area contributed by atoms with E-state index in [1.807, 2.05) is 82.7 Å². The van der Waals surface area contributed by atoms with Gasteiger partial charge in [-0.1, -0.05) is 60.1 Å². The van der Waals surface area contributed by atoms with Crippen molar-refractivity contribution in [3.05, 3.63) is 106 Å². The molecular weight excluding hydrogens is 390 g/mol. The first-order chi connectivity index (χ1) is 13.7. The lowest BCUT2D eigenvalue weighted by atomic mass is 10.1. The second-order valence-corrected chi connectivity index (χ2v) is 7.27. The molecular formula is C22H16ClN3OS. The van der Waals surface area contributed by atoms with Gasteiger partial charge in [0.15, 0.2) is 0 Å². The van der Waals surface area contributed by atoms with Crippen molar-refractivity contribution in [2.24, 2.45) is 5.10 Å². The Hall–Kier alpha value is -3.15. The molecule has 4 aromatic rings. The van der Waals surface area contributed by atoms with Gasteiger partial charge in [-0.3, -0.25) is 9.36 Å². The van der Waals surface area contributed by atoms with Crippen molar-refractivity contribution < 1.29 is 4.79 Å². The van der Waals surface area contributed by atoms with E-state index in [1.54, 1.807) is 12.1 Å². The molecule has 0 fully saturated rings. The first-order valence-corrected chi connectivity index (χ1v) is 9.89. The van der Waals surface area contributed by atoms with E-state index >= 15 is 0 Å². The van der Waals surface area contributed by atoms with Crippen LogP contribution in [0.5, 0.6) is 0 Å². The summed E-state index contributed by atoms with van der Waals surface area (Å²) in [6, 6.07) is 26.6. The number of aromatic nitrogens is 1. The normalized spacial score (nSPS) is 11.4. The number of carbonyl (C=O) groups excluding carboxylic acids is 1. The topological polar surface area (TPSA) is 46.4 Å². The Kier molecular flexibility index (Phi) is 5.37. The molecule has 0 aliphatic rings. The molecule has 4 rings (SSSR count). The number of amides is 1. The van der Waals surface area contributed by atoms with Gasteiger partial charge in [-0.2, -0.15) is 0 Å². The molecule has 0 bridgehead atoms. The van der Waals surface area contributed by atoms with Crippen LogP contribution in [0.1, 0.15) is 10.4 Å². The van der Waals surface area contributed by atoms with Crippen LogP contribution < -0.4 is 10.2 Å². The SMILES string of the molecule is O=C(N/N=c1\scc(-c2ccc(Cl)cc2)n1-c1ccccc1)c1ccccc1. The van der Waals surface area contributed by atoms with Gasteiger partial charge in [-0.15, -0.1) is 16.4 Å². The van der Waals surface area contributed by atoms with Crippen LogP contribution in [0.3, 0.4) is 0 Å². The average molecular weight is 406 g/mol. The van der Waals surface area contributed by atoms with Crippen molar-refractivity contribution in [3.63, 3.8) is 0 Å². The summed E-state index contributed by atoms with van der Waals surface area (Å²) in [5.41, 5.74) is 6.16. The molecule has 0 radical (unpaired) electrons. The largest absolute Gasteiger partial charge is 0.284 e. The quantitative estimate of drug-likeness (QED) is 0.471. The van der Waals surface area contributed by atoms with E-state index in [1.165, 1.54) is 11.3 Å². The zero-order valence-electron chi connectivity index (χ0n) is 14.7. The molecule has 1 heterocycles. The van der Waals surface area contributed by atoms with Crippen LogP contribution in [0.25, 0.3) is 16.9 Å². The fraction of sp³-hybridized carbons (Fsp3) is 0. The maximum atomic E-state index is 12.4. The highest BCUT2D eigenvalue weighted by molar-refractivity contribution is 7.07. The van der Waals surface area contributed by atoms with Gasteiger partial charge in [0.2, 0.25) is 4.80 Å². The molecule has 6 heteroatoms. The zero-order valence-corrected chi connectivity index (χ0v) is 16.3. The van der Waals surface area contributed by atoms with Gasteiger partial charge < -0.3 is 0 Å². The summed E-state index contributed by atoms with van der Waals surface area (Å²) >= 11 is 7.49. The summed E-state index contributed by atoms with van der Waals surface area (Å²) in [5, 5.41) is 7.08. The third-order valence-electron chi connectivity index (χ3n) is 4.15. The summed E-state index contributed by atoms with van der Waals surface area (Å²) in [5.74, 6) is -0.248. The van der Waals surface area contributed by atoms with Crippen LogP contribution in [0.15, 0.2) is 95.4 Å². The predicted octanol–water partition coefficient (Wildman–Crippen LogP) is 5.10. The molecule has 0 aliphatic carbocycles. The number of nitrogens with zero attached hydrogens (tertiary/aromatic N) is 2. The monoisotopic (exact) mass is 405 g/mol. The van der Waals surface area contributed by atoms with Gasteiger partial charge in [0.05, 0.1) is 5.69 Å². The van der Waals surface area contributed by atoms with Crippen molar-refractivity contribution in [1.82, 2.24) is 9.99 Å². The number of nitrogens with one attached hydrogen (secondary N) is 1. The number of halogens is 1. The smallest absolute Gasteiger partial charge is 0.271 e. The number of thiazole rings is 1. The minimum atomic E-state index is -0.248. The third-order valence-corrected chi connectivity index (χ3v) is 5.23. The molecule has 138 valence electrons. The predicted molar refractivity (Wildman–Crippen MR) is 114 cm³/mol. The standard InChI is InChI=1S/C22H16ClN3OS/c23-18-13-11-16(12-14-18)20-15-28-22(26(20)19-9-5-2-6-10-19)25-24-21(27)17-7-3-1-4-8-17/h1-15H,(H,24,27)/b25-22-. The van der Waals surface area contributed by atoms with Gasteiger partial charge in [0.1, 0.15) is 0 Å². The summed E-state index contributed by atoms with van der Waals surface area (Å²) in [7, 11) is 0. The Morgan fingerprint density at radius 2 is 1.54 bits per heavy atom. The van der Waals surface area contributed by atoms with Crippen LogP contribution in [0.4, 0.5) is 0 Å². The van der Waals surface area contributed by atoms with E-state index in [4.69, 9.17) is 11.6 Å². The minimum Gasteiger partial charge on any atom is -0.284 e. The third kappa shape index (κ3) is 3.91. The van der Waals surface area contributed by atoms with Gasteiger partial charge >= 0.3 is 0 Å². The van der Waals surface area contributed by atoms with E-state index in [2.05, 4.69) is 10.5 Å². The van der Waals surface area contributed by atoms with Crippen LogP contribution in [-0.4, -0.2) is 10.5 Å². The van der Waals surface area contributed by atoms with Crippen molar-refractivity contribution in [2.75, 3.05) is 0 Å². The molecule has 4 nitrogen and oxygen atoms in total.